The molecular formula is C27H34N6O3. The maximum absolute atomic E-state index is 12.8. The number of carbonyl (C=O) groups is 1. The molecule has 1 amide bonds. The fraction of sp³-hybridized carbons (Fsp3) is 0.519. The van der Waals surface area contributed by atoms with E-state index in [9.17, 15) is 4.79 Å². The van der Waals surface area contributed by atoms with Crippen molar-refractivity contribution >= 4 is 11.7 Å². The smallest absolute Gasteiger partial charge is 0.296 e. The van der Waals surface area contributed by atoms with Crippen LogP contribution in [0.2, 0.25) is 0 Å². The Morgan fingerprint density at radius 2 is 1.92 bits per heavy atom. The van der Waals surface area contributed by atoms with Gasteiger partial charge in [0.2, 0.25) is 5.82 Å². The van der Waals surface area contributed by atoms with E-state index in [1.54, 1.807) is 6.07 Å². The molecule has 9 nitrogen and oxygen atoms in total. The van der Waals surface area contributed by atoms with Crippen molar-refractivity contribution in [3.63, 3.8) is 0 Å². The minimum absolute atomic E-state index is 0.126. The van der Waals surface area contributed by atoms with Gasteiger partial charge in [-0.2, -0.15) is 0 Å². The molecule has 36 heavy (non-hydrogen) atoms. The van der Waals surface area contributed by atoms with E-state index in [0.29, 0.717) is 30.0 Å². The molecule has 0 spiro atoms. The van der Waals surface area contributed by atoms with Crippen molar-refractivity contribution in [3.8, 4) is 17.0 Å². The topological polar surface area (TPSA) is 115 Å². The molecule has 1 aliphatic carbocycles. The van der Waals surface area contributed by atoms with E-state index in [1.165, 1.54) is 38.4 Å². The number of ether oxygens (including phenoxy) is 2. The molecular weight excluding hydrogens is 456 g/mol. The Morgan fingerprint density at radius 1 is 1.08 bits per heavy atom. The normalized spacial score (nSPS) is 17.1. The lowest BCUT2D eigenvalue weighted by Crippen LogP contribution is -2.21. The van der Waals surface area contributed by atoms with Gasteiger partial charge in [-0.15, -0.1) is 5.10 Å². The number of carbonyl (C=O) groups excluding carboxylic acids is 1. The molecule has 1 saturated heterocycles. The average Bonchev–Trinajstić information content (AvgIpc) is 3.38. The molecule has 3 heterocycles. The highest BCUT2D eigenvalue weighted by Crippen LogP contribution is 2.29. The van der Waals surface area contributed by atoms with Gasteiger partial charge in [-0.05, 0) is 49.3 Å². The summed E-state index contributed by atoms with van der Waals surface area (Å²) in [6, 6.07) is 7.76. The van der Waals surface area contributed by atoms with Crippen molar-refractivity contribution in [2.75, 3.05) is 25.1 Å². The summed E-state index contributed by atoms with van der Waals surface area (Å²) >= 11 is 0. The van der Waals surface area contributed by atoms with Crippen LogP contribution in [0.5, 0.6) is 5.75 Å². The van der Waals surface area contributed by atoms with E-state index in [4.69, 9.17) is 9.47 Å². The monoisotopic (exact) mass is 490 g/mol. The molecule has 2 fully saturated rings. The summed E-state index contributed by atoms with van der Waals surface area (Å²) < 4.78 is 11.5. The van der Waals surface area contributed by atoms with E-state index < -0.39 is 5.91 Å². The van der Waals surface area contributed by atoms with Crippen LogP contribution in [0.25, 0.3) is 11.3 Å². The predicted octanol–water partition coefficient (Wildman–Crippen LogP) is 4.75. The summed E-state index contributed by atoms with van der Waals surface area (Å²) in [5.74, 6) is 2.84. The second-order valence-electron chi connectivity index (χ2n) is 9.90. The van der Waals surface area contributed by atoms with Gasteiger partial charge < -0.3 is 14.8 Å². The van der Waals surface area contributed by atoms with Crippen molar-refractivity contribution in [2.45, 2.75) is 58.3 Å². The van der Waals surface area contributed by atoms with Crippen LogP contribution in [0.15, 0.2) is 30.6 Å². The van der Waals surface area contributed by atoms with Crippen LogP contribution in [0.4, 0.5) is 5.82 Å². The minimum atomic E-state index is -0.393. The van der Waals surface area contributed by atoms with Gasteiger partial charge in [-0.25, -0.2) is 15.0 Å². The second-order valence-corrected chi connectivity index (χ2v) is 9.90. The van der Waals surface area contributed by atoms with Crippen LogP contribution in [0.3, 0.4) is 0 Å². The first-order valence-corrected chi connectivity index (χ1v) is 13.0. The van der Waals surface area contributed by atoms with Gasteiger partial charge in [0.15, 0.2) is 0 Å². The summed E-state index contributed by atoms with van der Waals surface area (Å²) in [7, 11) is 0. The quantitative estimate of drug-likeness (QED) is 0.468. The first-order chi connectivity index (χ1) is 17.6. The lowest BCUT2D eigenvalue weighted by molar-refractivity contribution is 0.0497. The highest BCUT2D eigenvalue weighted by Gasteiger charge is 2.19. The molecule has 5 rings (SSSR count). The maximum Gasteiger partial charge on any atom is 0.296 e. The molecule has 0 unspecified atom stereocenters. The summed E-state index contributed by atoms with van der Waals surface area (Å²) in [6.07, 6.45) is 10.6. The van der Waals surface area contributed by atoms with Gasteiger partial charge in [0.25, 0.3) is 5.91 Å². The Labute approximate surface area is 211 Å². The number of amides is 1. The zero-order chi connectivity index (χ0) is 24.7. The zero-order valence-electron chi connectivity index (χ0n) is 20.8. The van der Waals surface area contributed by atoms with Crippen LogP contribution < -0.4 is 10.1 Å². The first kappa shape index (κ1) is 24.4. The lowest BCUT2D eigenvalue weighted by atomic mass is 9.87. The van der Waals surface area contributed by atoms with Gasteiger partial charge in [-0.3, -0.25) is 9.89 Å². The molecule has 0 radical (unpaired) electrons. The summed E-state index contributed by atoms with van der Waals surface area (Å²) in [4.78, 5) is 25.9. The number of aromatic amines is 1. The van der Waals surface area contributed by atoms with E-state index >= 15 is 0 Å². The molecule has 2 aliphatic rings. The molecule has 1 saturated carbocycles. The molecule has 3 aromatic rings. The van der Waals surface area contributed by atoms with Crippen LogP contribution in [0.1, 0.15) is 67.0 Å². The van der Waals surface area contributed by atoms with Crippen LogP contribution in [0, 0.1) is 18.8 Å². The van der Waals surface area contributed by atoms with E-state index in [-0.39, 0.29) is 5.82 Å². The van der Waals surface area contributed by atoms with Crippen molar-refractivity contribution in [1.29, 1.82) is 0 Å². The SMILES string of the molecule is Cc1ccc(OCC2CCOCC2)cc1-c1cc(NC(=O)c2n[nH]c(CC3CCCCC3)n2)ncn1. The third-order valence-corrected chi connectivity index (χ3v) is 7.16. The van der Waals surface area contributed by atoms with E-state index in [0.717, 1.165) is 55.2 Å². The van der Waals surface area contributed by atoms with Gasteiger partial charge in [-0.1, -0.05) is 38.2 Å². The Kier molecular flexibility index (Phi) is 7.85. The zero-order valence-corrected chi connectivity index (χ0v) is 20.8. The Morgan fingerprint density at radius 3 is 2.75 bits per heavy atom. The number of hydrogen-bond acceptors (Lipinski definition) is 7. The molecule has 0 atom stereocenters. The number of hydrogen-bond donors (Lipinski definition) is 2. The van der Waals surface area contributed by atoms with Gasteiger partial charge in [0.1, 0.15) is 23.7 Å². The second kappa shape index (κ2) is 11.6. The third kappa shape index (κ3) is 6.26. The molecule has 9 heteroatoms. The lowest BCUT2D eigenvalue weighted by Gasteiger charge is -2.22. The maximum atomic E-state index is 12.8. The Balaban J connectivity index is 1.23. The molecule has 190 valence electrons. The van der Waals surface area contributed by atoms with Gasteiger partial charge >= 0.3 is 0 Å². The van der Waals surface area contributed by atoms with Crippen molar-refractivity contribution < 1.29 is 14.3 Å². The summed E-state index contributed by atoms with van der Waals surface area (Å²) in [6.45, 7) is 4.31. The predicted molar refractivity (Wildman–Crippen MR) is 136 cm³/mol. The van der Waals surface area contributed by atoms with E-state index in [2.05, 4.69) is 30.5 Å². The largest absolute Gasteiger partial charge is 0.493 e. The third-order valence-electron chi connectivity index (χ3n) is 7.16. The van der Waals surface area contributed by atoms with Gasteiger partial charge in [0.05, 0.1) is 12.3 Å². The Bertz CT molecular complexity index is 1170. The van der Waals surface area contributed by atoms with Crippen LogP contribution >= 0.6 is 0 Å². The average molecular weight is 491 g/mol. The summed E-state index contributed by atoms with van der Waals surface area (Å²) in [5, 5.41) is 9.87. The minimum Gasteiger partial charge on any atom is -0.493 e. The Hall–Kier alpha value is -3.33. The fourth-order valence-corrected chi connectivity index (χ4v) is 4.99. The molecule has 1 aliphatic heterocycles. The van der Waals surface area contributed by atoms with E-state index in [1.807, 2.05) is 25.1 Å². The highest BCUT2D eigenvalue weighted by atomic mass is 16.5. The number of nitrogens with zero attached hydrogens (tertiary/aromatic N) is 4. The van der Waals surface area contributed by atoms with Crippen LogP contribution in [-0.4, -0.2) is 50.9 Å². The number of anilines is 1. The first-order valence-electron chi connectivity index (χ1n) is 13.0. The number of aryl methyl sites for hydroxylation is 1. The number of nitrogens with one attached hydrogen (secondary N) is 2. The number of rotatable bonds is 8. The van der Waals surface area contributed by atoms with Crippen LogP contribution in [-0.2, 0) is 11.2 Å². The standard InChI is InChI=1S/C27H34N6O3/c1-18-7-8-21(36-16-20-9-11-35-12-10-20)14-22(18)23-15-24(29-17-28-23)31-27(34)26-30-25(32-33-26)13-19-5-3-2-4-6-19/h7-8,14-15,17,19-20H,2-6,9-13,16H2,1H3,(H,30,32,33)(H,28,29,31,34). The fourth-order valence-electron chi connectivity index (χ4n) is 4.99. The van der Waals surface area contributed by atoms with Crippen molar-refractivity contribution in [2.24, 2.45) is 11.8 Å². The highest BCUT2D eigenvalue weighted by molar-refractivity contribution is 6.01. The van der Waals surface area contributed by atoms with Gasteiger partial charge in [0, 0.05) is 31.3 Å². The van der Waals surface area contributed by atoms with Crippen molar-refractivity contribution in [3.05, 3.63) is 47.8 Å². The summed E-state index contributed by atoms with van der Waals surface area (Å²) in [5.41, 5.74) is 2.71. The number of benzene rings is 1. The molecule has 2 N–H and O–H groups in total. The molecule has 2 aromatic heterocycles. The van der Waals surface area contributed by atoms with Crippen molar-refractivity contribution in [1.82, 2.24) is 25.1 Å². The molecule has 1 aromatic carbocycles. The number of aromatic nitrogens is 5. The molecule has 0 bridgehead atoms. The number of H-pyrrole nitrogens is 1.